The SMILES string of the molecule is N#Cc1ccc(NS(=O)(=O)c2c[nH]c3c(Br)c(Cl)ccc23)c(F)c1. The molecule has 2 N–H and O–H groups in total. The van der Waals surface area contributed by atoms with Gasteiger partial charge in [-0.25, -0.2) is 12.8 Å². The minimum Gasteiger partial charge on any atom is -0.359 e. The fourth-order valence-electron chi connectivity index (χ4n) is 2.20. The number of anilines is 1. The van der Waals surface area contributed by atoms with Crippen molar-refractivity contribution in [3.63, 3.8) is 0 Å². The number of nitrogens with zero attached hydrogens (tertiary/aromatic N) is 1. The van der Waals surface area contributed by atoms with Crippen LogP contribution in [-0.4, -0.2) is 13.4 Å². The molecule has 5 nitrogen and oxygen atoms in total. The van der Waals surface area contributed by atoms with Crippen LogP contribution in [0.25, 0.3) is 10.9 Å². The second kappa shape index (κ2) is 6.09. The zero-order valence-corrected chi connectivity index (χ0v) is 14.9. The fourth-order valence-corrected chi connectivity index (χ4v) is 4.06. The van der Waals surface area contributed by atoms with Crippen LogP contribution in [0.4, 0.5) is 10.1 Å². The Kier molecular flexibility index (Phi) is 4.25. The van der Waals surface area contributed by atoms with E-state index in [1.165, 1.54) is 18.3 Å². The van der Waals surface area contributed by atoms with E-state index in [0.717, 1.165) is 6.07 Å². The first-order valence-corrected chi connectivity index (χ1v) is 9.16. The number of hydrogen-bond acceptors (Lipinski definition) is 3. The van der Waals surface area contributed by atoms with Crippen molar-refractivity contribution in [2.45, 2.75) is 4.90 Å². The average Bonchev–Trinajstić information content (AvgIpc) is 2.98. The van der Waals surface area contributed by atoms with Gasteiger partial charge in [-0.05, 0) is 46.3 Å². The summed E-state index contributed by atoms with van der Waals surface area (Å²) >= 11 is 9.27. The Bertz CT molecular complexity index is 1110. The van der Waals surface area contributed by atoms with Gasteiger partial charge in [0, 0.05) is 11.6 Å². The maximum Gasteiger partial charge on any atom is 0.264 e. The van der Waals surface area contributed by atoms with E-state index in [0.29, 0.717) is 20.4 Å². The van der Waals surface area contributed by atoms with Crippen LogP contribution >= 0.6 is 27.5 Å². The van der Waals surface area contributed by atoms with E-state index in [-0.39, 0.29) is 16.1 Å². The third-order valence-electron chi connectivity index (χ3n) is 3.34. The van der Waals surface area contributed by atoms with Gasteiger partial charge in [-0.2, -0.15) is 5.26 Å². The molecule has 0 bridgehead atoms. The lowest BCUT2D eigenvalue weighted by Crippen LogP contribution is -2.13. The van der Waals surface area contributed by atoms with Crippen LogP contribution in [0.3, 0.4) is 0 Å². The Balaban J connectivity index is 2.06. The van der Waals surface area contributed by atoms with Gasteiger partial charge < -0.3 is 4.98 Å². The number of hydrogen-bond donors (Lipinski definition) is 2. The number of aromatic amines is 1. The summed E-state index contributed by atoms with van der Waals surface area (Å²) in [6.07, 6.45) is 1.30. The first-order valence-electron chi connectivity index (χ1n) is 6.51. The fraction of sp³-hybridized carbons (Fsp3) is 0. The maximum atomic E-state index is 13.9. The van der Waals surface area contributed by atoms with Gasteiger partial charge in [0.2, 0.25) is 0 Å². The number of nitrogens with one attached hydrogen (secondary N) is 2. The number of rotatable bonds is 3. The summed E-state index contributed by atoms with van der Waals surface area (Å²) in [5.74, 6) is -0.832. The first kappa shape index (κ1) is 16.8. The van der Waals surface area contributed by atoms with Crippen molar-refractivity contribution in [1.29, 1.82) is 5.26 Å². The summed E-state index contributed by atoms with van der Waals surface area (Å²) < 4.78 is 41.8. The van der Waals surface area contributed by atoms with Crippen LogP contribution < -0.4 is 4.72 Å². The van der Waals surface area contributed by atoms with Crippen LogP contribution in [0, 0.1) is 17.1 Å². The Hall–Kier alpha value is -2.08. The van der Waals surface area contributed by atoms with E-state index in [1.807, 2.05) is 0 Å². The van der Waals surface area contributed by atoms with Gasteiger partial charge in [0.15, 0.2) is 0 Å². The molecule has 1 aromatic heterocycles. The third kappa shape index (κ3) is 2.86. The summed E-state index contributed by atoms with van der Waals surface area (Å²) in [6, 6.07) is 8.39. The summed E-state index contributed by atoms with van der Waals surface area (Å²) in [7, 11) is -4.04. The number of halogens is 3. The molecule has 0 unspecified atom stereocenters. The molecule has 1 heterocycles. The van der Waals surface area contributed by atoms with E-state index in [2.05, 4.69) is 25.6 Å². The van der Waals surface area contributed by atoms with Crippen molar-refractivity contribution in [1.82, 2.24) is 4.98 Å². The highest BCUT2D eigenvalue weighted by Crippen LogP contribution is 2.34. The van der Waals surface area contributed by atoms with E-state index >= 15 is 0 Å². The zero-order valence-electron chi connectivity index (χ0n) is 11.8. The van der Waals surface area contributed by atoms with Crippen LogP contribution in [0.1, 0.15) is 5.56 Å². The molecule has 0 saturated heterocycles. The number of sulfonamides is 1. The van der Waals surface area contributed by atoms with Crippen LogP contribution in [-0.2, 0) is 10.0 Å². The molecule has 3 aromatic rings. The van der Waals surface area contributed by atoms with Crippen LogP contribution in [0.15, 0.2) is 45.9 Å². The van der Waals surface area contributed by atoms with Crippen molar-refractivity contribution in [3.8, 4) is 6.07 Å². The molecule has 2 aromatic carbocycles. The van der Waals surface area contributed by atoms with Crippen LogP contribution in [0.5, 0.6) is 0 Å². The molecule has 0 fully saturated rings. The number of H-pyrrole nitrogens is 1. The van der Waals surface area contributed by atoms with Gasteiger partial charge in [-0.3, -0.25) is 4.72 Å². The number of fused-ring (bicyclic) bond motifs is 1. The minimum atomic E-state index is -4.04. The summed E-state index contributed by atoms with van der Waals surface area (Å²) in [5.41, 5.74) is 0.376. The third-order valence-corrected chi connectivity index (χ3v) is 6.11. The van der Waals surface area contributed by atoms with Crippen molar-refractivity contribution >= 4 is 54.1 Å². The highest BCUT2D eigenvalue weighted by Gasteiger charge is 2.22. The molecule has 122 valence electrons. The maximum absolute atomic E-state index is 13.9. The highest BCUT2D eigenvalue weighted by molar-refractivity contribution is 9.10. The van der Waals surface area contributed by atoms with E-state index in [9.17, 15) is 12.8 Å². The molecule has 9 heteroatoms. The van der Waals surface area contributed by atoms with Gasteiger partial charge in [-0.1, -0.05) is 11.6 Å². The minimum absolute atomic E-state index is 0.0429. The average molecular weight is 429 g/mol. The van der Waals surface area contributed by atoms with Gasteiger partial charge >= 0.3 is 0 Å². The van der Waals surface area contributed by atoms with Crippen molar-refractivity contribution in [2.75, 3.05) is 4.72 Å². The monoisotopic (exact) mass is 427 g/mol. The zero-order chi connectivity index (χ0) is 17.5. The smallest absolute Gasteiger partial charge is 0.264 e. The van der Waals surface area contributed by atoms with Crippen molar-refractivity contribution in [3.05, 3.63) is 57.4 Å². The van der Waals surface area contributed by atoms with E-state index in [4.69, 9.17) is 16.9 Å². The molecule has 24 heavy (non-hydrogen) atoms. The lowest BCUT2D eigenvalue weighted by molar-refractivity contribution is 0.599. The molecule has 0 saturated carbocycles. The van der Waals surface area contributed by atoms with Crippen LogP contribution in [0.2, 0.25) is 5.02 Å². The predicted molar refractivity (Wildman–Crippen MR) is 92.9 cm³/mol. The standard InChI is InChI=1S/C15H8BrClFN3O2S/c16-14-10(17)3-2-9-13(7-20-15(9)14)24(22,23)21-12-4-1-8(6-19)5-11(12)18/h1-5,7,20-21H. The topological polar surface area (TPSA) is 85.8 Å². The molecular weight excluding hydrogens is 421 g/mol. The predicted octanol–water partition coefficient (Wildman–Crippen LogP) is 4.40. The lowest BCUT2D eigenvalue weighted by atomic mass is 10.2. The Labute approximate surface area is 150 Å². The largest absolute Gasteiger partial charge is 0.359 e. The van der Waals surface area contributed by atoms with Crippen molar-refractivity contribution in [2.24, 2.45) is 0 Å². The van der Waals surface area contributed by atoms with Gasteiger partial charge in [0.1, 0.15) is 10.7 Å². The highest BCUT2D eigenvalue weighted by atomic mass is 79.9. The van der Waals surface area contributed by atoms with Crippen molar-refractivity contribution < 1.29 is 12.8 Å². The summed E-state index contributed by atoms with van der Waals surface area (Å²) in [4.78, 5) is 2.79. The number of nitriles is 1. The Morgan fingerprint density at radius 2 is 2.04 bits per heavy atom. The Morgan fingerprint density at radius 3 is 2.71 bits per heavy atom. The number of benzene rings is 2. The number of aromatic nitrogens is 1. The van der Waals surface area contributed by atoms with E-state index < -0.39 is 15.8 Å². The lowest BCUT2D eigenvalue weighted by Gasteiger charge is -2.08. The molecule has 0 aliphatic heterocycles. The van der Waals surface area contributed by atoms with E-state index in [1.54, 1.807) is 18.2 Å². The normalized spacial score (nSPS) is 11.4. The molecular formula is C15H8BrClFN3O2S. The van der Waals surface area contributed by atoms with Gasteiger partial charge in [0.05, 0.1) is 32.3 Å². The summed E-state index contributed by atoms with van der Waals surface area (Å²) in [6.45, 7) is 0. The summed E-state index contributed by atoms with van der Waals surface area (Å²) in [5, 5.41) is 9.57. The quantitative estimate of drug-likeness (QED) is 0.648. The molecule has 0 aliphatic rings. The molecule has 0 aliphatic carbocycles. The second-order valence-corrected chi connectivity index (χ2v) is 7.70. The van der Waals surface area contributed by atoms with Gasteiger partial charge in [-0.15, -0.1) is 0 Å². The first-order chi connectivity index (χ1) is 11.3. The molecule has 0 atom stereocenters. The Morgan fingerprint density at radius 1 is 1.29 bits per heavy atom. The molecule has 0 amide bonds. The second-order valence-electron chi connectivity index (χ2n) is 4.85. The van der Waals surface area contributed by atoms with Gasteiger partial charge in [0.25, 0.3) is 10.0 Å². The molecule has 3 rings (SSSR count). The molecule has 0 spiro atoms. The molecule has 0 radical (unpaired) electrons.